The van der Waals surface area contributed by atoms with Gasteiger partial charge in [-0.1, -0.05) is 5.16 Å². The summed E-state index contributed by atoms with van der Waals surface area (Å²) in [5.41, 5.74) is 0.722. The van der Waals surface area contributed by atoms with Crippen LogP contribution in [0.2, 0.25) is 0 Å². The summed E-state index contributed by atoms with van der Waals surface area (Å²) in [4.78, 5) is 17.4. The summed E-state index contributed by atoms with van der Waals surface area (Å²) in [5.74, 6) is 2.35. The minimum atomic E-state index is -0.294. The molecule has 3 aliphatic carbocycles. The van der Waals surface area contributed by atoms with Gasteiger partial charge in [-0.15, -0.1) is 0 Å². The van der Waals surface area contributed by atoms with Crippen LogP contribution in [0.1, 0.15) is 43.9 Å². The lowest BCUT2D eigenvalue weighted by Crippen LogP contribution is -2.38. The van der Waals surface area contributed by atoms with Gasteiger partial charge in [-0.2, -0.15) is 4.98 Å². The Balaban J connectivity index is 1.38. The van der Waals surface area contributed by atoms with Crippen molar-refractivity contribution in [2.45, 2.75) is 38.0 Å². The van der Waals surface area contributed by atoms with E-state index in [1.807, 2.05) is 0 Å². The van der Waals surface area contributed by atoms with Crippen molar-refractivity contribution in [3.8, 4) is 11.4 Å². The summed E-state index contributed by atoms with van der Waals surface area (Å²) in [5, 5.41) is 7.23. The van der Waals surface area contributed by atoms with Crippen LogP contribution >= 0.6 is 0 Å². The third-order valence-corrected chi connectivity index (χ3v) is 6.31. The van der Waals surface area contributed by atoms with Crippen molar-refractivity contribution in [3.05, 3.63) is 36.0 Å². The summed E-state index contributed by atoms with van der Waals surface area (Å²) in [6.07, 6.45) is 5.76. The van der Waals surface area contributed by atoms with E-state index < -0.39 is 0 Å². The zero-order chi connectivity index (χ0) is 17.7. The number of amides is 1. The van der Waals surface area contributed by atoms with Gasteiger partial charge in [0.1, 0.15) is 5.82 Å². The minimum absolute atomic E-state index is 0.00894. The molecule has 26 heavy (non-hydrogen) atoms. The van der Waals surface area contributed by atoms with Crippen LogP contribution < -0.4 is 5.32 Å². The number of carbonyl (C=O) groups excluding carboxylic acids is 1. The van der Waals surface area contributed by atoms with Crippen molar-refractivity contribution in [2.24, 2.45) is 23.7 Å². The molecule has 0 spiro atoms. The maximum Gasteiger partial charge on any atom is 0.231 e. The maximum atomic E-state index is 13.1. The van der Waals surface area contributed by atoms with E-state index in [9.17, 15) is 9.18 Å². The highest BCUT2D eigenvalue weighted by molar-refractivity contribution is 5.80. The highest BCUT2D eigenvalue weighted by Crippen LogP contribution is 2.56. The van der Waals surface area contributed by atoms with E-state index in [2.05, 4.69) is 15.5 Å². The fourth-order valence-corrected chi connectivity index (χ4v) is 4.80. The number of nitrogens with zero attached hydrogens (tertiary/aromatic N) is 2. The van der Waals surface area contributed by atoms with Gasteiger partial charge < -0.3 is 9.84 Å². The van der Waals surface area contributed by atoms with Gasteiger partial charge in [0.2, 0.25) is 17.6 Å². The monoisotopic (exact) mass is 355 g/mol. The summed E-state index contributed by atoms with van der Waals surface area (Å²) in [6.45, 7) is 0.796. The Hall–Kier alpha value is -2.24. The molecular weight excluding hydrogens is 333 g/mol. The van der Waals surface area contributed by atoms with E-state index >= 15 is 0 Å². The lowest BCUT2D eigenvalue weighted by atomic mass is 9.78. The Bertz CT molecular complexity index is 815. The highest BCUT2D eigenvalue weighted by Gasteiger charge is 2.53. The van der Waals surface area contributed by atoms with E-state index in [-0.39, 0.29) is 23.6 Å². The molecule has 1 N–H and O–H groups in total. The van der Waals surface area contributed by atoms with Crippen molar-refractivity contribution in [2.75, 3.05) is 6.54 Å². The van der Waals surface area contributed by atoms with E-state index in [4.69, 9.17) is 4.52 Å². The first-order valence-corrected chi connectivity index (χ1v) is 9.56. The average molecular weight is 355 g/mol. The van der Waals surface area contributed by atoms with Gasteiger partial charge >= 0.3 is 0 Å². The molecule has 0 saturated heterocycles. The van der Waals surface area contributed by atoms with Crippen molar-refractivity contribution in [1.29, 1.82) is 0 Å². The predicted molar refractivity (Wildman–Crippen MR) is 92.5 cm³/mol. The smallest absolute Gasteiger partial charge is 0.231 e. The summed E-state index contributed by atoms with van der Waals surface area (Å²) in [6, 6.07) is 6.06. The van der Waals surface area contributed by atoms with Crippen molar-refractivity contribution >= 4 is 5.91 Å². The number of nitrogens with one attached hydrogen (secondary N) is 1. The molecule has 0 aliphatic heterocycles. The molecule has 5 nitrogen and oxygen atoms in total. The summed E-state index contributed by atoms with van der Waals surface area (Å²) < 4.78 is 18.7. The molecule has 1 heterocycles. The summed E-state index contributed by atoms with van der Waals surface area (Å²) >= 11 is 0. The molecular formula is C20H22FN3O2. The van der Waals surface area contributed by atoms with Gasteiger partial charge in [0.05, 0.1) is 11.8 Å². The highest BCUT2D eigenvalue weighted by atomic mass is 19.1. The first-order valence-electron chi connectivity index (χ1n) is 9.56. The quantitative estimate of drug-likeness (QED) is 0.891. The largest absolute Gasteiger partial charge is 0.356 e. The molecule has 1 aromatic carbocycles. The van der Waals surface area contributed by atoms with Crippen LogP contribution in [0.5, 0.6) is 0 Å². The van der Waals surface area contributed by atoms with Crippen LogP contribution in [0.15, 0.2) is 28.8 Å². The molecule has 3 fully saturated rings. The minimum Gasteiger partial charge on any atom is -0.356 e. The van der Waals surface area contributed by atoms with E-state index in [0.717, 1.165) is 31.4 Å². The molecule has 1 aromatic heterocycles. The molecule has 136 valence electrons. The Morgan fingerprint density at radius 1 is 1.15 bits per heavy atom. The number of aromatic nitrogens is 2. The Kier molecular flexibility index (Phi) is 3.80. The van der Waals surface area contributed by atoms with Crippen LogP contribution in [0.3, 0.4) is 0 Å². The molecule has 6 heteroatoms. The fourth-order valence-electron chi connectivity index (χ4n) is 4.80. The number of hydrogen-bond donors (Lipinski definition) is 1. The number of fused-ring (bicyclic) bond motifs is 2. The molecule has 3 saturated carbocycles. The number of hydrogen-bond acceptors (Lipinski definition) is 4. The standard InChI is InChI=1S/C20H22FN3O2/c21-15-7-5-12(6-8-15)18-23-20(26-24-18)17-14-4-3-13(9-14)16(17)19(25)22-10-11-1-2-11/h5-8,11,13-14,16-17H,1-4,9-10H2,(H,22,25)/t13-,14+,16-,17-/m0/s1. The third kappa shape index (κ3) is 2.81. The van der Waals surface area contributed by atoms with Crippen LogP contribution in [0.4, 0.5) is 4.39 Å². The van der Waals surface area contributed by atoms with Crippen LogP contribution in [-0.4, -0.2) is 22.6 Å². The topological polar surface area (TPSA) is 68.0 Å². The number of halogens is 1. The second-order valence-corrected chi connectivity index (χ2v) is 8.04. The van der Waals surface area contributed by atoms with E-state index in [0.29, 0.717) is 29.5 Å². The van der Waals surface area contributed by atoms with Crippen LogP contribution in [-0.2, 0) is 4.79 Å². The molecule has 0 radical (unpaired) electrons. The SMILES string of the molecule is O=C(NCC1CC1)[C@H]1[C@H]2CC[C@H](C2)[C@@H]1c1nc(-c2ccc(F)cc2)no1. The second-order valence-electron chi connectivity index (χ2n) is 8.04. The van der Waals surface area contributed by atoms with Gasteiger partial charge in [-0.05, 0) is 74.1 Å². The van der Waals surface area contributed by atoms with Crippen LogP contribution in [0, 0.1) is 29.5 Å². The number of rotatable bonds is 5. The van der Waals surface area contributed by atoms with Gasteiger partial charge in [-0.25, -0.2) is 4.39 Å². The summed E-state index contributed by atoms with van der Waals surface area (Å²) in [7, 11) is 0. The van der Waals surface area contributed by atoms with Gasteiger partial charge in [0, 0.05) is 12.1 Å². The van der Waals surface area contributed by atoms with Crippen molar-refractivity contribution < 1.29 is 13.7 Å². The molecule has 2 bridgehead atoms. The molecule has 1 amide bonds. The van der Waals surface area contributed by atoms with E-state index in [1.54, 1.807) is 12.1 Å². The number of carbonyl (C=O) groups is 1. The maximum absolute atomic E-state index is 13.1. The Morgan fingerprint density at radius 2 is 1.92 bits per heavy atom. The lowest BCUT2D eigenvalue weighted by molar-refractivity contribution is -0.127. The Labute approximate surface area is 151 Å². The molecule has 5 rings (SSSR count). The average Bonchev–Trinajstić information content (AvgIpc) is 3.06. The normalized spacial score (nSPS) is 29.9. The molecule has 3 aliphatic rings. The Morgan fingerprint density at radius 3 is 2.69 bits per heavy atom. The van der Waals surface area contributed by atoms with E-state index in [1.165, 1.54) is 25.0 Å². The van der Waals surface area contributed by atoms with Crippen LogP contribution in [0.25, 0.3) is 11.4 Å². The van der Waals surface area contributed by atoms with Crippen molar-refractivity contribution in [1.82, 2.24) is 15.5 Å². The molecule has 2 aromatic rings. The molecule has 4 atom stereocenters. The van der Waals surface area contributed by atoms with Crippen molar-refractivity contribution in [3.63, 3.8) is 0 Å². The zero-order valence-corrected chi connectivity index (χ0v) is 14.5. The first kappa shape index (κ1) is 16.0. The van der Waals surface area contributed by atoms with Gasteiger partial charge in [0.25, 0.3) is 0 Å². The third-order valence-electron chi connectivity index (χ3n) is 6.31. The predicted octanol–water partition coefficient (Wildman–Crippen LogP) is 3.53. The van der Waals surface area contributed by atoms with Gasteiger partial charge in [0.15, 0.2) is 0 Å². The lowest BCUT2D eigenvalue weighted by Gasteiger charge is -2.27. The fraction of sp³-hybridized carbons (Fsp3) is 0.550. The van der Waals surface area contributed by atoms with Gasteiger partial charge in [-0.3, -0.25) is 4.79 Å². The number of benzene rings is 1. The first-order chi connectivity index (χ1) is 12.7. The second kappa shape index (κ2) is 6.18. The zero-order valence-electron chi connectivity index (χ0n) is 14.5. The molecule has 0 unspecified atom stereocenters.